The average Bonchev–Trinajstić information content (AvgIpc) is 2.84. The van der Waals surface area contributed by atoms with E-state index in [1.807, 2.05) is 36.4 Å². The highest BCUT2D eigenvalue weighted by atomic mass is 35.5. The van der Waals surface area contributed by atoms with Crippen molar-refractivity contribution in [2.24, 2.45) is 0 Å². The van der Waals surface area contributed by atoms with E-state index in [0.717, 1.165) is 48.5 Å². The van der Waals surface area contributed by atoms with E-state index in [-0.39, 0.29) is 11.7 Å². The Bertz CT molecular complexity index is 1080. The van der Waals surface area contributed by atoms with Gasteiger partial charge in [0.2, 0.25) is 5.91 Å². The average molecular weight is 470 g/mol. The van der Waals surface area contributed by atoms with Crippen molar-refractivity contribution in [2.45, 2.75) is 5.03 Å². The highest BCUT2D eigenvalue weighted by molar-refractivity contribution is 7.99. The van der Waals surface area contributed by atoms with Crippen molar-refractivity contribution in [1.82, 2.24) is 9.97 Å². The Hall–Kier alpha value is -2.97. The third-order valence-electron chi connectivity index (χ3n) is 5.16. The molecule has 1 N–H and O–H groups in total. The fraction of sp³-hybridized carbons (Fsp3) is 0.261. The number of rotatable bonds is 7. The van der Waals surface area contributed by atoms with Gasteiger partial charge in [0.25, 0.3) is 0 Å². The van der Waals surface area contributed by atoms with E-state index in [2.05, 4.69) is 31.2 Å². The van der Waals surface area contributed by atoms with Gasteiger partial charge in [-0.05, 0) is 24.3 Å². The summed E-state index contributed by atoms with van der Waals surface area (Å²) in [6, 6.07) is 17.2. The van der Waals surface area contributed by atoms with E-state index < -0.39 is 0 Å². The highest BCUT2D eigenvalue weighted by Gasteiger charge is 2.21. The van der Waals surface area contributed by atoms with Crippen LogP contribution in [-0.4, -0.2) is 54.9 Å². The zero-order valence-electron chi connectivity index (χ0n) is 17.7. The minimum absolute atomic E-state index is 0.131. The molecule has 1 aliphatic heterocycles. The zero-order chi connectivity index (χ0) is 22.3. The first kappa shape index (κ1) is 22.2. The maximum Gasteiger partial charge on any atom is 0.234 e. The van der Waals surface area contributed by atoms with E-state index in [4.69, 9.17) is 16.3 Å². The van der Waals surface area contributed by atoms with Crippen molar-refractivity contribution < 1.29 is 9.53 Å². The highest BCUT2D eigenvalue weighted by Crippen LogP contribution is 2.29. The number of anilines is 3. The molecule has 3 aromatic rings. The summed E-state index contributed by atoms with van der Waals surface area (Å²) in [4.78, 5) is 25.6. The second-order valence-electron chi connectivity index (χ2n) is 7.18. The molecule has 9 heteroatoms. The second kappa shape index (κ2) is 10.6. The van der Waals surface area contributed by atoms with Gasteiger partial charge in [0, 0.05) is 32.2 Å². The number of aromatic nitrogens is 2. The summed E-state index contributed by atoms with van der Waals surface area (Å²) < 4.78 is 5.50. The van der Waals surface area contributed by atoms with Crippen LogP contribution in [0.25, 0.3) is 0 Å². The van der Waals surface area contributed by atoms with Gasteiger partial charge in [0.1, 0.15) is 22.9 Å². The molecule has 0 spiro atoms. The third kappa shape index (κ3) is 5.44. The summed E-state index contributed by atoms with van der Waals surface area (Å²) in [5, 5.41) is 4.10. The van der Waals surface area contributed by atoms with Crippen LogP contribution in [0.3, 0.4) is 0 Å². The molecule has 0 radical (unpaired) electrons. The lowest BCUT2D eigenvalue weighted by Crippen LogP contribution is -2.47. The number of nitrogens with zero attached hydrogens (tertiary/aromatic N) is 4. The lowest BCUT2D eigenvalue weighted by atomic mass is 10.2. The Morgan fingerprint density at radius 1 is 1.06 bits per heavy atom. The number of carbonyl (C=O) groups excluding carboxylic acids is 1. The molecule has 1 fully saturated rings. The number of benzene rings is 2. The molecule has 0 atom stereocenters. The number of methoxy groups -OCH3 is 1. The molecule has 1 aromatic heterocycles. The topological polar surface area (TPSA) is 70.6 Å². The number of piperazine rings is 1. The second-order valence-corrected chi connectivity index (χ2v) is 8.58. The van der Waals surface area contributed by atoms with Crippen LogP contribution in [0.15, 0.2) is 66.0 Å². The first-order valence-electron chi connectivity index (χ1n) is 10.3. The lowest BCUT2D eigenvalue weighted by Gasteiger charge is -2.37. The zero-order valence-corrected chi connectivity index (χ0v) is 19.3. The summed E-state index contributed by atoms with van der Waals surface area (Å²) >= 11 is 7.47. The van der Waals surface area contributed by atoms with Crippen LogP contribution in [0, 0.1) is 0 Å². The lowest BCUT2D eigenvalue weighted by molar-refractivity contribution is -0.113. The van der Waals surface area contributed by atoms with Crippen molar-refractivity contribution in [3.8, 4) is 5.75 Å². The molecule has 1 saturated heterocycles. The quantitative estimate of drug-likeness (QED) is 0.410. The molecule has 1 amide bonds. The number of hydrogen-bond acceptors (Lipinski definition) is 7. The van der Waals surface area contributed by atoms with Crippen molar-refractivity contribution in [1.29, 1.82) is 0 Å². The monoisotopic (exact) mass is 469 g/mol. The number of amides is 1. The molecule has 1 aliphatic rings. The van der Waals surface area contributed by atoms with E-state index in [9.17, 15) is 4.79 Å². The van der Waals surface area contributed by atoms with Gasteiger partial charge < -0.3 is 19.9 Å². The number of carbonyl (C=O) groups is 1. The molecule has 7 nitrogen and oxygen atoms in total. The predicted molar refractivity (Wildman–Crippen MR) is 130 cm³/mol. The van der Waals surface area contributed by atoms with E-state index in [1.165, 1.54) is 11.8 Å². The molecular weight excluding hydrogens is 446 g/mol. The third-order valence-corrected chi connectivity index (χ3v) is 6.41. The number of nitrogens with one attached hydrogen (secondary N) is 1. The number of halogens is 1. The minimum Gasteiger partial charge on any atom is -0.495 e. The summed E-state index contributed by atoms with van der Waals surface area (Å²) in [6.07, 6.45) is 1.55. The smallest absolute Gasteiger partial charge is 0.234 e. The fourth-order valence-corrected chi connectivity index (χ4v) is 4.38. The van der Waals surface area contributed by atoms with E-state index >= 15 is 0 Å². The maximum atomic E-state index is 12.3. The van der Waals surface area contributed by atoms with Crippen LogP contribution >= 0.6 is 23.4 Å². The molecular formula is C23H24ClN5O2S. The SMILES string of the molecule is COc1ccccc1N1CCN(c2cc(SCC(=O)Nc3ccccc3Cl)ncn2)CC1. The van der Waals surface area contributed by atoms with Gasteiger partial charge in [-0.15, -0.1) is 0 Å². The molecule has 32 heavy (non-hydrogen) atoms. The first-order chi connectivity index (χ1) is 15.6. The molecule has 0 bridgehead atoms. The molecule has 166 valence electrons. The van der Waals surface area contributed by atoms with E-state index in [0.29, 0.717) is 10.7 Å². The Labute approximate surface area is 196 Å². The molecule has 0 aliphatic carbocycles. The van der Waals surface area contributed by atoms with Crippen LogP contribution in [0.4, 0.5) is 17.2 Å². The van der Waals surface area contributed by atoms with Crippen molar-refractivity contribution in [3.63, 3.8) is 0 Å². The first-order valence-corrected chi connectivity index (χ1v) is 11.6. The molecule has 2 aromatic carbocycles. The minimum atomic E-state index is -0.131. The van der Waals surface area contributed by atoms with Gasteiger partial charge in [-0.3, -0.25) is 4.79 Å². The molecule has 4 rings (SSSR count). The number of hydrogen-bond donors (Lipinski definition) is 1. The van der Waals surface area contributed by atoms with Crippen LogP contribution in [0.5, 0.6) is 5.75 Å². The normalized spacial score (nSPS) is 13.7. The summed E-state index contributed by atoms with van der Waals surface area (Å²) in [6.45, 7) is 3.42. The van der Waals surface area contributed by atoms with Gasteiger partial charge in [-0.1, -0.05) is 47.6 Å². The van der Waals surface area contributed by atoms with Gasteiger partial charge >= 0.3 is 0 Å². The Kier molecular flexibility index (Phi) is 7.34. The van der Waals surface area contributed by atoms with Crippen LogP contribution in [0.2, 0.25) is 5.02 Å². The molecule has 0 saturated carbocycles. The van der Waals surface area contributed by atoms with Gasteiger partial charge in [0.05, 0.1) is 29.3 Å². The van der Waals surface area contributed by atoms with Gasteiger partial charge in [-0.2, -0.15) is 0 Å². The summed E-state index contributed by atoms with van der Waals surface area (Å²) in [5.41, 5.74) is 1.72. The predicted octanol–water partition coefficient (Wildman–Crippen LogP) is 4.20. The van der Waals surface area contributed by atoms with Gasteiger partial charge in [0.15, 0.2) is 0 Å². The Morgan fingerprint density at radius 2 is 1.78 bits per heavy atom. The summed E-state index contributed by atoms with van der Waals surface area (Å²) in [7, 11) is 1.70. The number of thioether (sulfide) groups is 1. The Balaban J connectivity index is 1.32. The fourth-order valence-electron chi connectivity index (χ4n) is 3.54. The van der Waals surface area contributed by atoms with Crippen LogP contribution in [-0.2, 0) is 4.79 Å². The standard InChI is InChI=1S/C23H24ClN5O2S/c1-31-20-9-5-4-8-19(20)28-10-12-29(13-11-28)21-14-23(26-16-25-21)32-15-22(30)27-18-7-3-2-6-17(18)24/h2-9,14,16H,10-13,15H2,1H3,(H,27,30). The number of para-hydroxylation sites is 3. The van der Waals surface area contributed by atoms with Crippen LogP contribution < -0.4 is 19.9 Å². The summed E-state index contributed by atoms with van der Waals surface area (Å²) in [5.74, 6) is 1.86. The maximum absolute atomic E-state index is 12.3. The van der Waals surface area contributed by atoms with E-state index in [1.54, 1.807) is 25.6 Å². The van der Waals surface area contributed by atoms with Crippen molar-refractivity contribution >= 4 is 46.5 Å². The van der Waals surface area contributed by atoms with Gasteiger partial charge in [-0.25, -0.2) is 9.97 Å². The number of ether oxygens (including phenoxy) is 1. The van der Waals surface area contributed by atoms with Crippen LogP contribution in [0.1, 0.15) is 0 Å². The van der Waals surface area contributed by atoms with Crippen molar-refractivity contribution in [3.05, 3.63) is 65.9 Å². The van der Waals surface area contributed by atoms with Crippen molar-refractivity contribution in [2.75, 3.05) is 54.2 Å². The largest absolute Gasteiger partial charge is 0.495 e. The molecule has 0 unspecified atom stereocenters. The molecule has 2 heterocycles. The Morgan fingerprint density at radius 3 is 2.56 bits per heavy atom.